The second kappa shape index (κ2) is 15.4. The highest BCUT2D eigenvalue weighted by Gasteiger charge is 2.46. The SMILES string of the molecule is Cc1cc(N2CCC3(CCN(C(=O)CN4Cc5cc6c(cc5C4)C(=O)N(C4CCC(=O)NC4=O)C6=O)CC3)CC2)cc(F)c1[C@@H]1c2[nH]c3ccccc3c2C[C@@H](C)N1CC(F)F. The number of rotatable bonds is 7. The van der Waals surface area contributed by atoms with Crippen LogP contribution in [0.4, 0.5) is 18.9 Å². The zero-order valence-corrected chi connectivity index (χ0v) is 34.9. The number of carbonyl (C=O) groups excluding carboxylic acids is 5. The van der Waals surface area contributed by atoms with Gasteiger partial charge in [-0.15, -0.1) is 0 Å². The minimum atomic E-state index is -2.56. The van der Waals surface area contributed by atoms with E-state index in [1.165, 1.54) is 0 Å². The predicted octanol–water partition coefficient (Wildman–Crippen LogP) is 5.84. The Balaban J connectivity index is 0.758. The van der Waals surface area contributed by atoms with E-state index in [4.69, 9.17) is 0 Å². The second-order valence-corrected chi connectivity index (χ2v) is 18.4. The van der Waals surface area contributed by atoms with Gasteiger partial charge in [-0.05, 0) is 110 Å². The highest BCUT2D eigenvalue weighted by Crippen LogP contribution is 2.46. The first-order valence-electron chi connectivity index (χ1n) is 21.8. The molecule has 2 N–H and O–H groups in total. The van der Waals surface area contributed by atoms with Crippen molar-refractivity contribution >= 4 is 46.1 Å². The molecule has 0 bridgehead atoms. The van der Waals surface area contributed by atoms with Gasteiger partial charge in [0.15, 0.2) is 0 Å². The lowest BCUT2D eigenvalue weighted by molar-refractivity contribution is -0.137. The number of hydrogen-bond donors (Lipinski definition) is 2. The summed E-state index contributed by atoms with van der Waals surface area (Å²) in [4.78, 5) is 76.8. The molecule has 4 aromatic rings. The lowest BCUT2D eigenvalue weighted by atomic mass is 9.71. The van der Waals surface area contributed by atoms with Crippen LogP contribution in [0.1, 0.15) is 106 Å². The lowest BCUT2D eigenvalue weighted by Crippen LogP contribution is -2.54. The number of para-hydroxylation sites is 1. The largest absolute Gasteiger partial charge is 0.371 e. The van der Waals surface area contributed by atoms with Crippen LogP contribution in [-0.2, 0) is 33.9 Å². The number of carbonyl (C=O) groups is 5. The number of aromatic amines is 1. The van der Waals surface area contributed by atoms with Crippen LogP contribution in [0, 0.1) is 18.2 Å². The molecule has 1 spiro atoms. The number of imide groups is 2. The van der Waals surface area contributed by atoms with E-state index in [1.807, 2.05) is 54.0 Å². The molecular formula is C47H50F3N7O5. The van der Waals surface area contributed by atoms with Gasteiger partial charge in [-0.25, -0.2) is 13.2 Å². The number of benzene rings is 3. The van der Waals surface area contributed by atoms with Gasteiger partial charge in [-0.3, -0.25) is 44.0 Å². The predicted molar refractivity (Wildman–Crippen MR) is 224 cm³/mol. The average Bonchev–Trinajstić information content (AvgIpc) is 3.88. The first kappa shape index (κ1) is 40.5. The van der Waals surface area contributed by atoms with Gasteiger partial charge >= 0.3 is 0 Å². The van der Waals surface area contributed by atoms with Crippen LogP contribution < -0.4 is 10.2 Å². The van der Waals surface area contributed by atoms with E-state index < -0.39 is 54.5 Å². The number of piperidine rings is 3. The Hall–Kier alpha value is -5.54. The van der Waals surface area contributed by atoms with Gasteiger partial charge in [0, 0.05) is 79.6 Å². The van der Waals surface area contributed by atoms with Crippen LogP contribution in [0.15, 0.2) is 48.5 Å². The van der Waals surface area contributed by atoms with Crippen molar-refractivity contribution < 1.29 is 37.1 Å². The summed E-state index contributed by atoms with van der Waals surface area (Å²) in [7, 11) is 0. The van der Waals surface area contributed by atoms with Gasteiger partial charge in [0.2, 0.25) is 17.7 Å². The molecular weight excluding hydrogens is 800 g/mol. The fourth-order valence-electron chi connectivity index (χ4n) is 11.3. The van der Waals surface area contributed by atoms with Crippen molar-refractivity contribution in [3.63, 3.8) is 0 Å². The lowest BCUT2D eigenvalue weighted by Gasteiger charge is -2.47. The smallest absolute Gasteiger partial charge is 0.262 e. The van der Waals surface area contributed by atoms with Gasteiger partial charge in [0.25, 0.3) is 18.2 Å². The molecule has 6 aliphatic rings. The Morgan fingerprint density at radius 1 is 0.903 bits per heavy atom. The van der Waals surface area contributed by atoms with E-state index in [0.29, 0.717) is 38.2 Å². The molecule has 12 nitrogen and oxygen atoms in total. The highest BCUT2D eigenvalue weighted by molar-refractivity contribution is 6.23. The fraction of sp³-hybridized carbons (Fsp3) is 0.468. The minimum Gasteiger partial charge on any atom is -0.371 e. The Bertz CT molecular complexity index is 2470. The van der Waals surface area contributed by atoms with Gasteiger partial charge in [-0.2, -0.15) is 0 Å². The minimum absolute atomic E-state index is 0.0407. The Labute approximate surface area is 357 Å². The van der Waals surface area contributed by atoms with E-state index in [9.17, 15) is 32.8 Å². The molecule has 3 aromatic carbocycles. The van der Waals surface area contributed by atoms with Crippen LogP contribution in [-0.4, -0.2) is 112 Å². The first-order valence-corrected chi connectivity index (χ1v) is 21.8. The Kier molecular flexibility index (Phi) is 10.0. The number of anilines is 1. The summed E-state index contributed by atoms with van der Waals surface area (Å²) < 4.78 is 44.6. The van der Waals surface area contributed by atoms with E-state index in [1.54, 1.807) is 23.1 Å². The number of aryl methyl sites for hydroxylation is 1. The van der Waals surface area contributed by atoms with Crippen LogP contribution in [0.2, 0.25) is 0 Å². The highest BCUT2D eigenvalue weighted by atomic mass is 19.3. The maximum Gasteiger partial charge on any atom is 0.262 e. The molecule has 3 saturated heterocycles. The average molecular weight is 850 g/mol. The van der Waals surface area contributed by atoms with Crippen LogP contribution >= 0.6 is 0 Å². The van der Waals surface area contributed by atoms with Crippen LogP contribution in [0.5, 0.6) is 0 Å². The van der Waals surface area contributed by atoms with Crippen molar-refractivity contribution in [2.75, 3.05) is 44.2 Å². The monoisotopic (exact) mass is 849 g/mol. The molecule has 62 heavy (non-hydrogen) atoms. The molecule has 3 atom stereocenters. The van der Waals surface area contributed by atoms with Crippen molar-refractivity contribution in [1.29, 1.82) is 0 Å². The van der Waals surface area contributed by atoms with E-state index >= 15 is 4.39 Å². The van der Waals surface area contributed by atoms with Gasteiger partial charge in [0.05, 0.1) is 30.3 Å². The van der Waals surface area contributed by atoms with Gasteiger partial charge < -0.3 is 14.8 Å². The molecule has 5 amide bonds. The van der Waals surface area contributed by atoms with Crippen LogP contribution in [0.3, 0.4) is 0 Å². The van der Waals surface area contributed by atoms with Gasteiger partial charge in [0.1, 0.15) is 11.9 Å². The van der Waals surface area contributed by atoms with E-state index in [-0.39, 0.29) is 47.9 Å². The zero-order chi connectivity index (χ0) is 43.2. The van der Waals surface area contributed by atoms with E-state index in [2.05, 4.69) is 15.2 Å². The molecule has 10 rings (SSSR count). The Morgan fingerprint density at radius 2 is 1.56 bits per heavy atom. The number of aromatic nitrogens is 1. The number of H-pyrrole nitrogens is 1. The molecule has 1 aromatic heterocycles. The van der Waals surface area contributed by atoms with Crippen LogP contribution in [0.25, 0.3) is 10.9 Å². The quantitative estimate of drug-likeness (QED) is 0.222. The number of nitrogens with zero attached hydrogens (tertiary/aromatic N) is 5. The third-order valence-electron chi connectivity index (χ3n) is 14.7. The number of fused-ring (bicyclic) bond motifs is 5. The molecule has 0 saturated carbocycles. The molecule has 0 radical (unpaired) electrons. The van der Waals surface area contributed by atoms with Crippen molar-refractivity contribution in [3.05, 3.63) is 99.0 Å². The van der Waals surface area contributed by atoms with Crippen molar-refractivity contribution in [2.24, 2.45) is 5.41 Å². The number of likely N-dealkylation sites (tertiary alicyclic amines) is 1. The zero-order valence-electron chi connectivity index (χ0n) is 34.9. The molecule has 1 unspecified atom stereocenters. The summed E-state index contributed by atoms with van der Waals surface area (Å²) in [5.41, 5.74) is 7.06. The van der Waals surface area contributed by atoms with Crippen molar-refractivity contribution in [2.45, 2.75) is 96.4 Å². The third kappa shape index (κ3) is 6.88. The summed E-state index contributed by atoms with van der Waals surface area (Å²) in [5, 5.41) is 3.27. The molecule has 7 heterocycles. The molecule has 3 fully saturated rings. The number of halogens is 3. The summed E-state index contributed by atoms with van der Waals surface area (Å²) in [6, 6.07) is 13.0. The number of alkyl halides is 2. The standard InChI is InChI=1S/C47H50F3N7O5/c1-26-17-30(21-35(48)41(26)43-42-32(18-27(2)56(43)24-38(49)50)31-5-3-4-6-36(31)51-42)54-13-9-47(10-14-54)11-15-55(16-12-47)40(59)25-53-22-28-19-33-34(20-29(28)23-53)46(62)57(45(33)61)37-7-8-39(58)52-44(37)60/h3-6,17,19-21,27,37-38,43,51H,7-16,18,22-25H2,1-2H3,(H,52,58,60)/t27-,37?,43-/m1/s1. The third-order valence-corrected chi connectivity index (χ3v) is 14.7. The maximum atomic E-state index is 16.6. The number of nitrogens with one attached hydrogen (secondary N) is 2. The van der Waals surface area contributed by atoms with Crippen molar-refractivity contribution in [1.82, 2.24) is 29.9 Å². The van der Waals surface area contributed by atoms with Gasteiger partial charge in [-0.1, -0.05) is 18.2 Å². The normalized spacial score (nSPS) is 24.0. The molecule has 15 heteroatoms. The molecule has 324 valence electrons. The topological polar surface area (TPSA) is 129 Å². The summed E-state index contributed by atoms with van der Waals surface area (Å²) >= 11 is 0. The summed E-state index contributed by atoms with van der Waals surface area (Å²) in [5.74, 6) is -2.49. The Morgan fingerprint density at radius 3 is 2.21 bits per heavy atom. The summed E-state index contributed by atoms with van der Waals surface area (Å²) in [6.45, 7) is 7.33. The van der Waals surface area contributed by atoms with E-state index in [0.717, 1.165) is 88.2 Å². The molecule has 6 aliphatic heterocycles. The number of hydrogen-bond acceptors (Lipinski definition) is 8. The first-order chi connectivity index (χ1) is 29.8. The fourth-order valence-corrected chi connectivity index (χ4v) is 11.3. The maximum absolute atomic E-state index is 16.6. The molecule has 0 aliphatic carbocycles. The summed E-state index contributed by atoms with van der Waals surface area (Å²) in [6.07, 6.45) is 1.80. The second-order valence-electron chi connectivity index (χ2n) is 18.4. The number of amides is 5. The van der Waals surface area contributed by atoms with Crippen molar-refractivity contribution in [3.8, 4) is 0 Å².